The van der Waals surface area contributed by atoms with Gasteiger partial charge in [0.05, 0.1) is 0 Å². The number of nitrogens with zero attached hydrogens (tertiary/aromatic N) is 7. The molecule has 1 aromatic carbocycles. The van der Waals surface area contributed by atoms with Crippen molar-refractivity contribution in [3.8, 4) is 0 Å². The van der Waals surface area contributed by atoms with Gasteiger partial charge in [-0.3, -0.25) is 0 Å². The van der Waals surface area contributed by atoms with Crippen molar-refractivity contribution in [2.75, 3.05) is 5.32 Å². The van der Waals surface area contributed by atoms with Gasteiger partial charge in [-0.15, -0.1) is 14.8 Å². The molecule has 3 heterocycles. The van der Waals surface area contributed by atoms with E-state index < -0.39 is 6.04 Å². The van der Waals surface area contributed by atoms with Crippen LogP contribution in [0.4, 0.5) is 10.2 Å². The molecule has 120 valence electrons. The Morgan fingerprint density at radius 2 is 2.04 bits per heavy atom. The lowest BCUT2D eigenvalue weighted by Crippen LogP contribution is -2.19. The molecule has 1 N–H and O–H groups in total. The molecule has 0 fully saturated rings. The summed E-state index contributed by atoms with van der Waals surface area (Å²) in [5, 5.41) is 18.6. The number of hydrogen-bond acceptors (Lipinski definition) is 6. The van der Waals surface area contributed by atoms with Gasteiger partial charge in [0.2, 0.25) is 0 Å². The van der Waals surface area contributed by atoms with E-state index in [-0.39, 0.29) is 5.82 Å². The first-order chi connectivity index (χ1) is 11.7. The van der Waals surface area contributed by atoms with E-state index in [0.717, 1.165) is 0 Å². The first kappa shape index (κ1) is 14.2. The van der Waals surface area contributed by atoms with Crippen LogP contribution in [0, 0.1) is 5.82 Å². The molecule has 0 aliphatic rings. The number of anilines is 1. The van der Waals surface area contributed by atoms with Crippen LogP contribution in [0.5, 0.6) is 0 Å². The number of tetrazole rings is 1. The van der Waals surface area contributed by atoms with Crippen molar-refractivity contribution >= 4 is 11.5 Å². The molecular weight excluding hydrogens is 311 g/mol. The Morgan fingerprint density at radius 1 is 1.17 bits per heavy atom. The highest BCUT2D eigenvalue weighted by molar-refractivity contribution is 5.45. The maximum absolute atomic E-state index is 14.3. The van der Waals surface area contributed by atoms with Gasteiger partial charge < -0.3 is 9.88 Å². The predicted octanol–water partition coefficient (Wildman–Crippen LogP) is 1.59. The Bertz CT molecular complexity index is 992. The summed E-state index contributed by atoms with van der Waals surface area (Å²) in [5.74, 6) is 0.853. The summed E-state index contributed by atoms with van der Waals surface area (Å²) in [5.41, 5.74) is 1.00. The van der Waals surface area contributed by atoms with Crippen molar-refractivity contribution < 1.29 is 4.39 Å². The van der Waals surface area contributed by atoms with E-state index in [9.17, 15) is 4.39 Å². The second kappa shape index (κ2) is 5.69. The Balaban J connectivity index is 1.78. The third kappa shape index (κ3) is 2.45. The van der Waals surface area contributed by atoms with Crippen molar-refractivity contribution in [1.82, 2.24) is 34.8 Å². The number of nitrogens with one attached hydrogen (secondary N) is 1. The second-order valence-electron chi connectivity index (χ2n) is 5.24. The van der Waals surface area contributed by atoms with Crippen molar-refractivity contribution in [2.24, 2.45) is 7.05 Å². The Morgan fingerprint density at radius 3 is 2.83 bits per heavy atom. The van der Waals surface area contributed by atoms with Gasteiger partial charge in [-0.1, -0.05) is 18.2 Å². The molecule has 0 saturated carbocycles. The molecule has 9 heteroatoms. The maximum Gasteiger partial charge on any atom is 0.200 e. The van der Waals surface area contributed by atoms with E-state index >= 15 is 0 Å². The van der Waals surface area contributed by atoms with E-state index in [2.05, 4.69) is 30.9 Å². The molecular formula is C15H13FN8. The largest absolute Gasteiger partial charge is 0.355 e. The van der Waals surface area contributed by atoms with E-state index in [1.54, 1.807) is 36.5 Å². The number of benzene rings is 1. The summed E-state index contributed by atoms with van der Waals surface area (Å²) < 4.78 is 17.5. The summed E-state index contributed by atoms with van der Waals surface area (Å²) in [6, 6.07) is 9.54. The molecule has 0 bridgehead atoms. The van der Waals surface area contributed by atoms with Gasteiger partial charge in [0.15, 0.2) is 5.65 Å². The third-order valence-electron chi connectivity index (χ3n) is 3.69. The van der Waals surface area contributed by atoms with Crippen molar-refractivity contribution in [3.05, 3.63) is 66.0 Å². The molecule has 4 aromatic rings. The molecule has 0 unspecified atom stereocenters. The molecule has 4 rings (SSSR count). The summed E-state index contributed by atoms with van der Waals surface area (Å²) >= 11 is 0. The van der Waals surface area contributed by atoms with Crippen LogP contribution in [0.25, 0.3) is 5.65 Å². The van der Waals surface area contributed by atoms with E-state index in [1.165, 1.54) is 10.7 Å². The van der Waals surface area contributed by atoms with Gasteiger partial charge in [0.25, 0.3) is 0 Å². The minimum absolute atomic E-state index is 0.318. The Kier molecular flexibility index (Phi) is 3.38. The number of imidazole rings is 1. The molecule has 0 radical (unpaired) electrons. The van der Waals surface area contributed by atoms with Crippen LogP contribution in [0.1, 0.15) is 17.4 Å². The minimum atomic E-state index is -0.507. The van der Waals surface area contributed by atoms with Crippen molar-refractivity contribution in [2.45, 2.75) is 6.04 Å². The lowest BCUT2D eigenvalue weighted by Gasteiger charge is -2.20. The minimum Gasteiger partial charge on any atom is -0.355 e. The molecule has 3 aromatic heterocycles. The first-order valence-corrected chi connectivity index (χ1v) is 7.26. The zero-order chi connectivity index (χ0) is 16.5. The smallest absolute Gasteiger partial charge is 0.200 e. The lowest BCUT2D eigenvalue weighted by atomic mass is 10.1. The zero-order valence-electron chi connectivity index (χ0n) is 12.7. The quantitative estimate of drug-likeness (QED) is 0.613. The topological polar surface area (TPSA) is 85.8 Å². The van der Waals surface area contributed by atoms with Crippen LogP contribution >= 0.6 is 0 Å². The number of fused-ring (bicyclic) bond motifs is 1. The lowest BCUT2D eigenvalue weighted by molar-refractivity contribution is 0.595. The van der Waals surface area contributed by atoms with Crippen LogP contribution in [0.3, 0.4) is 0 Å². The summed E-state index contributed by atoms with van der Waals surface area (Å²) in [6.07, 6.45) is 3.48. The SMILES string of the molecule is Cn1ccnc1[C@@H](Nc1ccc2nnnn2n1)c1ccccc1F. The molecule has 0 saturated heterocycles. The highest BCUT2D eigenvalue weighted by Gasteiger charge is 2.22. The normalized spacial score (nSPS) is 12.4. The number of hydrogen-bond donors (Lipinski definition) is 1. The number of aromatic nitrogens is 7. The summed E-state index contributed by atoms with van der Waals surface area (Å²) in [6.45, 7) is 0. The van der Waals surface area contributed by atoms with Crippen LogP contribution < -0.4 is 5.32 Å². The highest BCUT2D eigenvalue weighted by atomic mass is 19.1. The van der Waals surface area contributed by atoms with Gasteiger partial charge in [-0.2, -0.15) is 0 Å². The predicted molar refractivity (Wildman–Crippen MR) is 83.7 cm³/mol. The van der Waals surface area contributed by atoms with Gasteiger partial charge in [0, 0.05) is 25.0 Å². The zero-order valence-corrected chi connectivity index (χ0v) is 12.7. The third-order valence-corrected chi connectivity index (χ3v) is 3.69. The standard InChI is InChI=1S/C15H13FN8/c1-23-9-8-17-15(23)14(10-4-2-3-5-11(10)16)18-12-6-7-13-19-21-22-24(13)20-12/h2-9,14H,1H3,(H,18,20)/t14-/m0/s1. The Hall–Kier alpha value is -3.36. The molecule has 8 nitrogen and oxygen atoms in total. The molecule has 0 aliphatic carbocycles. The van der Waals surface area contributed by atoms with E-state index in [1.807, 2.05) is 17.8 Å². The molecule has 24 heavy (non-hydrogen) atoms. The van der Waals surface area contributed by atoms with E-state index in [4.69, 9.17) is 0 Å². The van der Waals surface area contributed by atoms with Crippen molar-refractivity contribution in [3.63, 3.8) is 0 Å². The fourth-order valence-electron chi connectivity index (χ4n) is 2.52. The highest BCUT2D eigenvalue weighted by Crippen LogP contribution is 2.26. The van der Waals surface area contributed by atoms with Crippen LogP contribution in [0.15, 0.2) is 48.8 Å². The number of rotatable bonds is 4. The van der Waals surface area contributed by atoms with Crippen molar-refractivity contribution in [1.29, 1.82) is 0 Å². The van der Waals surface area contributed by atoms with Gasteiger partial charge in [-0.25, -0.2) is 9.37 Å². The average Bonchev–Trinajstić information content (AvgIpc) is 3.21. The summed E-state index contributed by atoms with van der Waals surface area (Å²) in [4.78, 5) is 4.34. The molecule has 0 amide bonds. The average molecular weight is 324 g/mol. The van der Waals surface area contributed by atoms with E-state index in [0.29, 0.717) is 22.9 Å². The van der Waals surface area contributed by atoms with Gasteiger partial charge in [-0.05, 0) is 28.6 Å². The molecule has 0 spiro atoms. The van der Waals surface area contributed by atoms with Gasteiger partial charge in [0.1, 0.15) is 23.5 Å². The fraction of sp³-hybridized carbons (Fsp3) is 0.133. The molecule has 0 aliphatic heterocycles. The fourth-order valence-corrected chi connectivity index (χ4v) is 2.52. The van der Waals surface area contributed by atoms with Crippen LogP contribution in [0.2, 0.25) is 0 Å². The van der Waals surface area contributed by atoms with Gasteiger partial charge >= 0.3 is 0 Å². The Labute approximate surface area is 136 Å². The maximum atomic E-state index is 14.3. The first-order valence-electron chi connectivity index (χ1n) is 7.26. The number of aryl methyl sites for hydroxylation is 1. The molecule has 1 atom stereocenters. The van der Waals surface area contributed by atoms with Crippen LogP contribution in [-0.4, -0.2) is 34.8 Å². The van der Waals surface area contributed by atoms with Crippen LogP contribution in [-0.2, 0) is 7.05 Å². The number of halogens is 1. The monoisotopic (exact) mass is 324 g/mol. The second-order valence-corrected chi connectivity index (χ2v) is 5.24. The summed E-state index contributed by atoms with van der Waals surface area (Å²) in [7, 11) is 1.86.